The van der Waals surface area contributed by atoms with Crippen LogP contribution in [0.25, 0.3) is 0 Å². The molecule has 0 aromatic heterocycles. The van der Waals surface area contributed by atoms with Crippen molar-refractivity contribution >= 4 is 11.9 Å². The number of ether oxygens (including phenoxy) is 2. The number of allylic oxidation sites excluding steroid dienone is 2. The van der Waals surface area contributed by atoms with Gasteiger partial charge >= 0.3 is 11.9 Å². The second kappa shape index (κ2) is 45.1. The third-order valence-electron chi connectivity index (χ3n) is 11.0. The van der Waals surface area contributed by atoms with Gasteiger partial charge in [0.25, 0.3) is 0 Å². The Labute approximate surface area is 332 Å². The molecule has 0 aromatic rings. The van der Waals surface area contributed by atoms with Gasteiger partial charge in [-0.25, -0.2) is 0 Å². The molecule has 1 atom stereocenters. The molecule has 0 N–H and O–H groups in total. The molecule has 0 aliphatic carbocycles. The van der Waals surface area contributed by atoms with Gasteiger partial charge in [0.1, 0.15) is 0 Å². The van der Waals surface area contributed by atoms with Crippen LogP contribution >= 0.6 is 0 Å². The smallest absolute Gasteiger partial charge is 0.309 e. The molecule has 0 aromatic carbocycles. The summed E-state index contributed by atoms with van der Waals surface area (Å²) in [5.41, 5.74) is 0. The average molecular weight is 747 g/mol. The second-order valence-corrected chi connectivity index (χ2v) is 16.4. The largest absolute Gasteiger partial charge is 0.466 e. The molecule has 1 unspecified atom stereocenters. The van der Waals surface area contributed by atoms with Crippen molar-refractivity contribution in [3.05, 3.63) is 12.2 Å². The molecule has 0 radical (unpaired) electrons. The molecule has 0 saturated carbocycles. The minimum absolute atomic E-state index is 0.172. The van der Waals surface area contributed by atoms with E-state index in [1.165, 1.54) is 199 Å². The van der Waals surface area contributed by atoms with Crippen molar-refractivity contribution in [1.29, 1.82) is 0 Å². The summed E-state index contributed by atoms with van der Waals surface area (Å²) in [6, 6.07) is 0. The zero-order chi connectivity index (χ0) is 38.6. The van der Waals surface area contributed by atoms with E-state index >= 15 is 0 Å². The van der Waals surface area contributed by atoms with Crippen molar-refractivity contribution in [1.82, 2.24) is 0 Å². The first-order valence-electron chi connectivity index (χ1n) is 24.1. The van der Waals surface area contributed by atoms with Crippen molar-refractivity contribution in [2.75, 3.05) is 13.2 Å². The highest BCUT2D eigenvalue weighted by atomic mass is 16.5. The van der Waals surface area contributed by atoms with Gasteiger partial charge in [0, 0.05) is 0 Å². The predicted molar refractivity (Wildman–Crippen MR) is 232 cm³/mol. The summed E-state index contributed by atoms with van der Waals surface area (Å²) < 4.78 is 11.3. The number of carbonyl (C=O) groups excluding carboxylic acids is 2. The maximum absolute atomic E-state index is 13.1. The van der Waals surface area contributed by atoms with Crippen LogP contribution in [0.4, 0.5) is 0 Å². The quantitative estimate of drug-likeness (QED) is 0.0354. The highest BCUT2D eigenvalue weighted by Crippen LogP contribution is 2.20. The normalized spacial score (nSPS) is 12.1. The standard InChI is InChI=1S/C49H94O4/c1-4-7-10-13-16-19-22-23-24-25-26-27-28-29-30-31-34-37-40-43-47(49(51)53-45-42-39-36-33-21-18-15-12-9-6-3)46-48(50)52-44-41-38-35-32-20-17-14-11-8-5-2/h10,13,47H,4-9,11-12,14-46H2,1-3H3/b13-10+. The van der Waals surface area contributed by atoms with Gasteiger partial charge in [0.05, 0.1) is 25.6 Å². The minimum atomic E-state index is -0.360. The Bertz CT molecular complexity index is 762. The molecule has 0 spiro atoms. The molecular weight excluding hydrogens is 653 g/mol. The lowest BCUT2D eigenvalue weighted by atomic mass is 9.97. The summed E-state index contributed by atoms with van der Waals surface area (Å²) in [5, 5.41) is 0. The molecule has 53 heavy (non-hydrogen) atoms. The summed E-state index contributed by atoms with van der Waals surface area (Å²) in [7, 11) is 0. The topological polar surface area (TPSA) is 52.6 Å². The van der Waals surface area contributed by atoms with E-state index < -0.39 is 0 Å². The molecule has 0 rings (SSSR count). The van der Waals surface area contributed by atoms with Gasteiger partial charge in [0.2, 0.25) is 0 Å². The van der Waals surface area contributed by atoms with Crippen LogP contribution in [0.5, 0.6) is 0 Å². The van der Waals surface area contributed by atoms with E-state index in [0.29, 0.717) is 13.2 Å². The van der Waals surface area contributed by atoms with Crippen LogP contribution in [0.15, 0.2) is 12.2 Å². The maximum atomic E-state index is 13.1. The van der Waals surface area contributed by atoms with Crippen molar-refractivity contribution in [2.45, 2.75) is 271 Å². The van der Waals surface area contributed by atoms with Crippen molar-refractivity contribution in [3.63, 3.8) is 0 Å². The SMILES string of the molecule is CCC/C=C/CCCCCCCCCCCCCCCCC(CC(=O)OCCCCCCCCCCCC)C(=O)OCCCCCCCCCCCC. The lowest BCUT2D eigenvalue weighted by molar-refractivity contribution is -0.155. The van der Waals surface area contributed by atoms with E-state index in [4.69, 9.17) is 9.47 Å². The Morgan fingerprint density at radius 1 is 0.377 bits per heavy atom. The number of rotatable bonds is 44. The molecule has 4 heteroatoms. The molecule has 0 bridgehead atoms. The number of hydrogen-bond donors (Lipinski definition) is 0. The summed E-state index contributed by atoms with van der Waals surface area (Å²) in [6.45, 7) is 7.73. The number of esters is 2. The summed E-state index contributed by atoms with van der Waals surface area (Å²) in [4.78, 5) is 25.8. The fourth-order valence-electron chi connectivity index (χ4n) is 7.40. The van der Waals surface area contributed by atoms with Crippen LogP contribution in [0, 0.1) is 5.92 Å². The fourth-order valence-corrected chi connectivity index (χ4v) is 7.40. The predicted octanol–water partition coefficient (Wildman–Crippen LogP) is 16.5. The van der Waals surface area contributed by atoms with Gasteiger partial charge in [-0.3, -0.25) is 9.59 Å². The summed E-state index contributed by atoms with van der Waals surface area (Å²) >= 11 is 0. The molecule has 0 fully saturated rings. The monoisotopic (exact) mass is 747 g/mol. The molecule has 314 valence electrons. The second-order valence-electron chi connectivity index (χ2n) is 16.4. The fraction of sp³-hybridized carbons (Fsp3) is 0.918. The first-order valence-corrected chi connectivity index (χ1v) is 24.1. The van der Waals surface area contributed by atoms with E-state index in [9.17, 15) is 9.59 Å². The van der Waals surface area contributed by atoms with Gasteiger partial charge < -0.3 is 9.47 Å². The molecule has 0 heterocycles. The van der Waals surface area contributed by atoms with Crippen LogP contribution in [0.3, 0.4) is 0 Å². The van der Waals surface area contributed by atoms with E-state index in [1.807, 2.05) is 0 Å². The van der Waals surface area contributed by atoms with Crippen LogP contribution in [0.2, 0.25) is 0 Å². The highest BCUT2D eigenvalue weighted by molar-refractivity contribution is 5.79. The molecule has 0 aliphatic rings. The van der Waals surface area contributed by atoms with Gasteiger partial charge in [-0.15, -0.1) is 0 Å². The van der Waals surface area contributed by atoms with Crippen LogP contribution in [0.1, 0.15) is 271 Å². The summed E-state index contributed by atoms with van der Waals surface area (Å²) in [6.07, 6.45) is 53.0. The molecule has 0 aliphatic heterocycles. The van der Waals surface area contributed by atoms with Crippen LogP contribution in [-0.4, -0.2) is 25.2 Å². The first-order chi connectivity index (χ1) is 26.2. The Morgan fingerprint density at radius 2 is 0.717 bits per heavy atom. The summed E-state index contributed by atoms with van der Waals surface area (Å²) in [5.74, 6) is -0.769. The zero-order valence-corrected chi connectivity index (χ0v) is 36.4. The first kappa shape index (κ1) is 51.7. The van der Waals surface area contributed by atoms with Crippen LogP contribution < -0.4 is 0 Å². The van der Waals surface area contributed by atoms with E-state index in [2.05, 4.69) is 32.9 Å². The van der Waals surface area contributed by atoms with Crippen molar-refractivity contribution in [2.24, 2.45) is 5.92 Å². The van der Waals surface area contributed by atoms with Crippen molar-refractivity contribution < 1.29 is 19.1 Å². The van der Waals surface area contributed by atoms with Crippen molar-refractivity contribution in [3.8, 4) is 0 Å². The third-order valence-corrected chi connectivity index (χ3v) is 11.0. The van der Waals surface area contributed by atoms with Gasteiger partial charge in [-0.2, -0.15) is 0 Å². The minimum Gasteiger partial charge on any atom is -0.466 e. The molecule has 4 nitrogen and oxygen atoms in total. The Hall–Kier alpha value is -1.32. The number of unbranched alkanes of at least 4 members (excludes halogenated alkanes) is 33. The van der Waals surface area contributed by atoms with Gasteiger partial charge in [-0.1, -0.05) is 238 Å². The van der Waals surface area contributed by atoms with E-state index in [-0.39, 0.29) is 24.3 Å². The van der Waals surface area contributed by atoms with Crippen LogP contribution in [-0.2, 0) is 19.1 Å². The van der Waals surface area contributed by atoms with E-state index in [0.717, 1.165) is 44.9 Å². The molecule has 0 amide bonds. The lowest BCUT2D eigenvalue weighted by Crippen LogP contribution is -2.23. The molecular formula is C49H94O4. The Balaban J connectivity index is 4.16. The van der Waals surface area contributed by atoms with Gasteiger partial charge in [-0.05, 0) is 38.5 Å². The van der Waals surface area contributed by atoms with Gasteiger partial charge in [0.15, 0.2) is 0 Å². The Kier molecular flexibility index (Phi) is 43.9. The number of carbonyl (C=O) groups is 2. The molecule has 0 saturated heterocycles. The maximum Gasteiger partial charge on any atom is 0.309 e. The highest BCUT2D eigenvalue weighted by Gasteiger charge is 2.24. The number of hydrogen-bond acceptors (Lipinski definition) is 4. The van der Waals surface area contributed by atoms with E-state index in [1.54, 1.807) is 0 Å². The third kappa shape index (κ3) is 41.7. The lowest BCUT2D eigenvalue weighted by Gasteiger charge is -2.16. The Morgan fingerprint density at radius 3 is 1.13 bits per heavy atom. The zero-order valence-electron chi connectivity index (χ0n) is 36.4. The average Bonchev–Trinajstić information content (AvgIpc) is 3.16.